The highest BCUT2D eigenvalue weighted by molar-refractivity contribution is 7.97. The number of hydrogen-bond donors (Lipinski definition) is 1. The Morgan fingerprint density at radius 1 is 1.33 bits per heavy atom. The van der Waals surface area contributed by atoms with Crippen LogP contribution in [0.2, 0.25) is 0 Å². The highest BCUT2D eigenvalue weighted by Crippen LogP contribution is 2.15. The van der Waals surface area contributed by atoms with E-state index in [1.165, 1.54) is 0 Å². The summed E-state index contributed by atoms with van der Waals surface area (Å²) in [5.41, 5.74) is -0.224. The molecule has 0 amide bonds. The maximum atomic E-state index is 10.5. The Kier molecular flexibility index (Phi) is 3.37. The van der Waals surface area contributed by atoms with Crippen molar-refractivity contribution < 1.29 is 9.28 Å². The van der Waals surface area contributed by atoms with Crippen molar-refractivity contribution in [2.75, 3.05) is 21.1 Å². The van der Waals surface area contributed by atoms with Gasteiger partial charge in [0.15, 0.2) is 5.54 Å². The predicted octanol–water partition coefficient (Wildman–Crippen LogP) is 0.931. The molecule has 0 aromatic rings. The van der Waals surface area contributed by atoms with E-state index < -0.39 is 0 Å². The van der Waals surface area contributed by atoms with E-state index in [-0.39, 0.29) is 10.7 Å². The SMILES string of the molecule is CC(C)(C#CC(=O)S)[N+](C)(C)C. The molecular weight excluding hydrogens is 170 g/mol. The molecule has 0 bridgehead atoms. The molecule has 0 saturated carbocycles. The van der Waals surface area contributed by atoms with Crippen LogP contribution in [0.15, 0.2) is 0 Å². The summed E-state index contributed by atoms with van der Waals surface area (Å²) in [6, 6.07) is 0. The van der Waals surface area contributed by atoms with Crippen LogP contribution in [-0.4, -0.2) is 36.3 Å². The fourth-order valence-corrected chi connectivity index (χ4v) is 0.430. The highest BCUT2D eigenvalue weighted by atomic mass is 32.1. The molecule has 0 unspecified atom stereocenters. The van der Waals surface area contributed by atoms with Gasteiger partial charge < -0.3 is 4.48 Å². The molecule has 0 radical (unpaired) electrons. The first-order chi connectivity index (χ1) is 5.17. The average molecular weight is 186 g/mol. The second kappa shape index (κ2) is 3.51. The third-order valence-corrected chi connectivity index (χ3v) is 2.26. The fraction of sp³-hybridized carbons (Fsp3) is 0.667. The van der Waals surface area contributed by atoms with Crippen molar-refractivity contribution in [3.8, 4) is 11.8 Å². The van der Waals surface area contributed by atoms with Gasteiger partial charge in [-0.2, -0.15) is 0 Å². The monoisotopic (exact) mass is 186 g/mol. The van der Waals surface area contributed by atoms with Crippen molar-refractivity contribution in [1.82, 2.24) is 0 Å². The number of rotatable bonds is 1. The first-order valence-corrected chi connectivity index (χ1v) is 4.19. The first kappa shape index (κ1) is 11.5. The van der Waals surface area contributed by atoms with Crippen LogP contribution in [0.25, 0.3) is 0 Å². The van der Waals surface area contributed by atoms with Crippen LogP contribution < -0.4 is 0 Å². The summed E-state index contributed by atoms with van der Waals surface area (Å²) in [5.74, 6) is 5.35. The molecule has 0 aliphatic rings. The van der Waals surface area contributed by atoms with Gasteiger partial charge >= 0.3 is 0 Å². The average Bonchev–Trinajstić information content (AvgIpc) is 1.81. The third-order valence-electron chi connectivity index (χ3n) is 2.15. The summed E-state index contributed by atoms with van der Waals surface area (Å²) >= 11 is 3.59. The van der Waals surface area contributed by atoms with Gasteiger partial charge in [0, 0.05) is 13.8 Å². The lowest BCUT2D eigenvalue weighted by atomic mass is 10.0. The van der Waals surface area contributed by atoms with Crippen LogP contribution in [0.4, 0.5) is 0 Å². The Morgan fingerprint density at radius 2 is 1.75 bits per heavy atom. The molecule has 0 aliphatic carbocycles. The number of quaternary nitrogens is 1. The Morgan fingerprint density at radius 3 is 2.00 bits per heavy atom. The molecule has 3 heteroatoms. The highest BCUT2D eigenvalue weighted by Gasteiger charge is 2.30. The van der Waals surface area contributed by atoms with E-state index in [0.717, 1.165) is 0 Å². The number of nitrogens with zero attached hydrogens (tertiary/aromatic N) is 1. The van der Waals surface area contributed by atoms with Gasteiger partial charge in [-0.3, -0.25) is 4.79 Å². The summed E-state index contributed by atoms with van der Waals surface area (Å²) < 4.78 is 0.695. The van der Waals surface area contributed by atoms with E-state index >= 15 is 0 Å². The zero-order chi connectivity index (χ0) is 9.99. The largest absolute Gasteiger partial charge is 0.316 e. The van der Waals surface area contributed by atoms with E-state index in [1.54, 1.807) is 0 Å². The smallest absolute Gasteiger partial charge is 0.259 e. The van der Waals surface area contributed by atoms with Crippen LogP contribution in [0.1, 0.15) is 13.8 Å². The number of hydrogen-bond acceptors (Lipinski definition) is 1. The maximum absolute atomic E-state index is 10.5. The van der Waals surface area contributed by atoms with Gasteiger partial charge in [-0.1, -0.05) is 12.6 Å². The molecule has 0 spiro atoms. The Bertz CT molecular complexity index is 239. The lowest BCUT2D eigenvalue weighted by Crippen LogP contribution is -2.52. The molecule has 0 N–H and O–H groups in total. The molecule has 0 aromatic carbocycles. The topological polar surface area (TPSA) is 17.1 Å². The van der Waals surface area contributed by atoms with E-state index in [1.807, 2.05) is 35.0 Å². The zero-order valence-electron chi connectivity index (χ0n) is 8.30. The molecule has 0 aliphatic heterocycles. The third kappa shape index (κ3) is 3.29. The van der Waals surface area contributed by atoms with Crippen molar-refractivity contribution in [1.29, 1.82) is 0 Å². The second-order valence-electron chi connectivity index (χ2n) is 4.13. The lowest BCUT2D eigenvalue weighted by Gasteiger charge is -2.37. The van der Waals surface area contributed by atoms with Crippen LogP contribution in [0, 0.1) is 11.8 Å². The maximum Gasteiger partial charge on any atom is 0.259 e. The molecule has 2 nitrogen and oxygen atoms in total. The molecule has 0 aromatic heterocycles. The molecular formula is C9H16NOS+. The van der Waals surface area contributed by atoms with Gasteiger partial charge in [0.05, 0.1) is 21.1 Å². The van der Waals surface area contributed by atoms with E-state index in [2.05, 4.69) is 24.5 Å². The van der Waals surface area contributed by atoms with Crippen molar-refractivity contribution in [3.05, 3.63) is 0 Å². The summed E-state index contributed by atoms with van der Waals surface area (Å²) in [4.78, 5) is 10.5. The van der Waals surface area contributed by atoms with Gasteiger partial charge in [-0.25, -0.2) is 0 Å². The van der Waals surface area contributed by atoms with Crippen LogP contribution in [-0.2, 0) is 4.79 Å². The first-order valence-electron chi connectivity index (χ1n) is 3.74. The summed E-state index contributed by atoms with van der Waals surface area (Å²) in [7, 11) is 6.12. The summed E-state index contributed by atoms with van der Waals surface area (Å²) in [6.07, 6.45) is 0. The van der Waals surface area contributed by atoms with Crippen molar-refractivity contribution in [2.24, 2.45) is 0 Å². The summed E-state index contributed by atoms with van der Waals surface area (Å²) in [6.45, 7) is 3.99. The molecule has 68 valence electrons. The Labute approximate surface area is 79.9 Å². The van der Waals surface area contributed by atoms with Crippen LogP contribution in [0.5, 0.6) is 0 Å². The zero-order valence-corrected chi connectivity index (χ0v) is 9.20. The van der Waals surface area contributed by atoms with Gasteiger partial charge in [-0.15, -0.1) is 0 Å². The molecule has 0 atom stereocenters. The number of thiol groups is 1. The normalized spacial score (nSPS) is 11.8. The second-order valence-corrected chi connectivity index (χ2v) is 4.53. The van der Waals surface area contributed by atoms with Gasteiger partial charge in [-0.05, 0) is 11.8 Å². The predicted molar refractivity (Wildman–Crippen MR) is 53.9 cm³/mol. The minimum Gasteiger partial charge on any atom is -0.316 e. The fourth-order valence-electron chi connectivity index (χ4n) is 0.374. The van der Waals surface area contributed by atoms with Crippen LogP contribution in [0.3, 0.4) is 0 Å². The molecule has 0 fully saturated rings. The van der Waals surface area contributed by atoms with Crippen molar-refractivity contribution in [3.63, 3.8) is 0 Å². The molecule has 12 heavy (non-hydrogen) atoms. The Balaban J connectivity index is 4.69. The van der Waals surface area contributed by atoms with Crippen molar-refractivity contribution >= 4 is 17.7 Å². The van der Waals surface area contributed by atoms with E-state index in [0.29, 0.717) is 4.48 Å². The standard InChI is InChI=1S/C9H15NOS/c1-9(2,10(3,4)5)7-6-8(11)12/h1-5H3/p+1. The number of carbonyl (C=O) groups excluding carboxylic acids is 1. The molecule has 0 heterocycles. The number of carbonyl (C=O) groups is 1. The molecule has 0 rings (SSSR count). The minimum absolute atomic E-state index is 0.224. The summed E-state index contributed by atoms with van der Waals surface area (Å²) in [5, 5.41) is -0.378. The van der Waals surface area contributed by atoms with Crippen LogP contribution >= 0.6 is 12.6 Å². The molecule has 0 saturated heterocycles. The Hall–Kier alpha value is -0.460. The van der Waals surface area contributed by atoms with Gasteiger partial charge in [0.2, 0.25) is 0 Å². The van der Waals surface area contributed by atoms with Crippen molar-refractivity contribution in [2.45, 2.75) is 19.4 Å². The van der Waals surface area contributed by atoms with Gasteiger partial charge in [0.25, 0.3) is 5.12 Å². The lowest BCUT2D eigenvalue weighted by molar-refractivity contribution is -0.909. The quantitative estimate of drug-likeness (QED) is 0.366. The van der Waals surface area contributed by atoms with Gasteiger partial charge in [0.1, 0.15) is 0 Å². The minimum atomic E-state index is -0.378. The van der Waals surface area contributed by atoms with E-state index in [9.17, 15) is 4.79 Å². The van der Waals surface area contributed by atoms with E-state index in [4.69, 9.17) is 0 Å².